The number of benzene rings is 1. The number of rotatable bonds is 3. The van der Waals surface area contributed by atoms with E-state index in [-0.39, 0.29) is 6.10 Å². The molecule has 100 valence electrons. The predicted molar refractivity (Wildman–Crippen MR) is 76.3 cm³/mol. The lowest BCUT2D eigenvalue weighted by Crippen LogP contribution is -2.46. The second-order valence-corrected chi connectivity index (χ2v) is 5.34. The molecule has 1 aromatic carbocycles. The maximum absolute atomic E-state index is 5.73. The second-order valence-electron chi connectivity index (χ2n) is 5.34. The smallest absolute Gasteiger partial charge is 0.0872 e. The Morgan fingerprint density at radius 1 is 1.44 bits per heavy atom. The highest BCUT2D eigenvalue weighted by atomic mass is 16.5. The normalized spacial score (nSPS) is 20.5. The molecule has 1 aliphatic rings. The molecule has 1 saturated heterocycles. The van der Waals surface area contributed by atoms with E-state index >= 15 is 0 Å². The van der Waals surface area contributed by atoms with Crippen LogP contribution in [0.25, 0.3) is 0 Å². The molecule has 0 spiro atoms. The standard InChI is InChI=1S/C15H24N2O/c1-11(2)14-6-4-5-12(3)15(14)17-7-8-18-13(9-16)10-17/h4-6,11,13H,7-10,16H2,1-3H3. The van der Waals surface area contributed by atoms with E-state index in [1.54, 1.807) is 0 Å². The number of nitrogens with two attached hydrogens (primary N) is 1. The number of para-hydroxylation sites is 1. The van der Waals surface area contributed by atoms with Crippen LogP contribution in [0.1, 0.15) is 30.9 Å². The van der Waals surface area contributed by atoms with Crippen LogP contribution in [0.5, 0.6) is 0 Å². The van der Waals surface area contributed by atoms with Gasteiger partial charge in [-0.15, -0.1) is 0 Å². The van der Waals surface area contributed by atoms with Gasteiger partial charge in [0.1, 0.15) is 0 Å². The molecule has 3 heteroatoms. The number of aryl methyl sites for hydroxylation is 1. The maximum atomic E-state index is 5.73. The van der Waals surface area contributed by atoms with Crippen LogP contribution in [0.15, 0.2) is 18.2 Å². The minimum Gasteiger partial charge on any atom is -0.373 e. The highest BCUT2D eigenvalue weighted by Gasteiger charge is 2.23. The molecule has 0 aromatic heterocycles. The number of ether oxygens (including phenoxy) is 1. The van der Waals surface area contributed by atoms with Gasteiger partial charge < -0.3 is 15.4 Å². The van der Waals surface area contributed by atoms with E-state index in [1.807, 2.05) is 0 Å². The van der Waals surface area contributed by atoms with Gasteiger partial charge in [-0.1, -0.05) is 32.0 Å². The van der Waals surface area contributed by atoms with Gasteiger partial charge in [-0.25, -0.2) is 0 Å². The third-order valence-electron chi connectivity index (χ3n) is 3.61. The summed E-state index contributed by atoms with van der Waals surface area (Å²) < 4.78 is 5.65. The molecule has 1 heterocycles. The molecule has 1 fully saturated rings. The number of hydrogen-bond donors (Lipinski definition) is 1. The molecule has 3 nitrogen and oxygen atoms in total. The average Bonchev–Trinajstić information content (AvgIpc) is 2.38. The van der Waals surface area contributed by atoms with E-state index in [0.29, 0.717) is 12.5 Å². The molecule has 0 bridgehead atoms. The summed E-state index contributed by atoms with van der Waals surface area (Å²) in [5.74, 6) is 0.541. The van der Waals surface area contributed by atoms with E-state index in [2.05, 4.69) is 43.9 Å². The van der Waals surface area contributed by atoms with Crippen molar-refractivity contribution in [3.63, 3.8) is 0 Å². The van der Waals surface area contributed by atoms with E-state index < -0.39 is 0 Å². The van der Waals surface area contributed by atoms with Gasteiger partial charge in [0.25, 0.3) is 0 Å². The molecular weight excluding hydrogens is 224 g/mol. The Kier molecular flexibility index (Phi) is 4.25. The summed E-state index contributed by atoms with van der Waals surface area (Å²) in [6, 6.07) is 6.57. The van der Waals surface area contributed by atoms with Crippen molar-refractivity contribution in [3.8, 4) is 0 Å². The van der Waals surface area contributed by atoms with Crippen molar-refractivity contribution >= 4 is 5.69 Å². The van der Waals surface area contributed by atoms with E-state index in [9.17, 15) is 0 Å². The van der Waals surface area contributed by atoms with Gasteiger partial charge in [0.2, 0.25) is 0 Å². The number of anilines is 1. The molecule has 2 rings (SSSR count). The Hall–Kier alpha value is -1.06. The molecule has 1 aromatic rings. The second kappa shape index (κ2) is 5.72. The van der Waals surface area contributed by atoms with Gasteiger partial charge in [-0.2, -0.15) is 0 Å². The van der Waals surface area contributed by atoms with Crippen LogP contribution >= 0.6 is 0 Å². The molecule has 0 radical (unpaired) electrons. The van der Waals surface area contributed by atoms with Crippen molar-refractivity contribution in [2.75, 3.05) is 31.1 Å². The molecule has 1 atom stereocenters. The Bertz CT molecular complexity index is 403. The zero-order valence-corrected chi connectivity index (χ0v) is 11.6. The lowest BCUT2D eigenvalue weighted by atomic mass is 9.97. The van der Waals surface area contributed by atoms with Crippen molar-refractivity contribution in [2.45, 2.75) is 32.8 Å². The van der Waals surface area contributed by atoms with Crippen LogP contribution in [-0.4, -0.2) is 32.3 Å². The first-order valence-corrected chi connectivity index (χ1v) is 6.79. The van der Waals surface area contributed by atoms with Crippen LogP contribution in [0.3, 0.4) is 0 Å². The van der Waals surface area contributed by atoms with Crippen molar-refractivity contribution < 1.29 is 4.74 Å². The Morgan fingerprint density at radius 2 is 2.22 bits per heavy atom. The first-order valence-electron chi connectivity index (χ1n) is 6.79. The molecule has 1 unspecified atom stereocenters. The Labute approximate surface area is 110 Å². The van der Waals surface area contributed by atoms with Crippen LogP contribution in [0, 0.1) is 6.92 Å². The average molecular weight is 248 g/mol. The van der Waals surface area contributed by atoms with Crippen molar-refractivity contribution in [1.29, 1.82) is 0 Å². The number of hydrogen-bond acceptors (Lipinski definition) is 3. The van der Waals surface area contributed by atoms with Gasteiger partial charge in [0.15, 0.2) is 0 Å². The van der Waals surface area contributed by atoms with Crippen LogP contribution in [-0.2, 0) is 4.74 Å². The lowest BCUT2D eigenvalue weighted by molar-refractivity contribution is 0.0464. The molecular formula is C15H24N2O. The van der Waals surface area contributed by atoms with Crippen molar-refractivity contribution in [3.05, 3.63) is 29.3 Å². The summed E-state index contributed by atoms with van der Waals surface area (Å²) in [5, 5.41) is 0. The molecule has 1 aliphatic heterocycles. The zero-order valence-electron chi connectivity index (χ0n) is 11.6. The first-order chi connectivity index (χ1) is 8.63. The van der Waals surface area contributed by atoms with Gasteiger partial charge in [-0.3, -0.25) is 0 Å². The van der Waals surface area contributed by atoms with Gasteiger partial charge in [0.05, 0.1) is 12.7 Å². The van der Waals surface area contributed by atoms with E-state index in [1.165, 1.54) is 16.8 Å². The van der Waals surface area contributed by atoms with Crippen LogP contribution < -0.4 is 10.6 Å². The molecule has 0 amide bonds. The Balaban J connectivity index is 2.31. The summed E-state index contributed by atoms with van der Waals surface area (Å²) in [7, 11) is 0. The van der Waals surface area contributed by atoms with Gasteiger partial charge >= 0.3 is 0 Å². The molecule has 18 heavy (non-hydrogen) atoms. The number of morpholine rings is 1. The fourth-order valence-corrected chi connectivity index (χ4v) is 2.64. The van der Waals surface area contributed by atoms with Crippen molar-refractivity contribution in [1.82, 2.24) is 0 Å². The zero-order chi connectivity index (χ0) is 13.1. The highest BCUT2D eigenvalue weighted by Crippen LogP contribution is 2.31. The predicted octanol–water partition coefficient (Wildman–Crippen LogP) is 2.28. The summed E-state index contributed by atoms with van der Waals surface area (Å²) in [4.78, 5) is 2.44. The van der Waals surface area contributed by atoms with Crippen LogP contribution in [0.2, 0.25) is 0 Å². The minimum absolute atomic E-state index is 0.165. The molecule has 2 N–H and O–H groups in total. The maximum Gasteiger partial charge on any atom is 0.0872 e. The fourth-order valence-electron chi connectivity index (χ4n) is 2.64. The third kappa shape index (κ3) is 2.68. The van der Waals surface area contributed by atoms with E-state index in [0.717, 1.165) is 19.7 Å². The molecule has 0 saturated carbocycles. The first kappa shape index (κ1) is 13.4. The Morgan fingerprint density at radius 3 is 2.89 bits per heavy atom. The largest absolute Gasteiger partial charge is 0.373 e. The number of nitrogens with zero attached hydrogens (tertiary/aromatic N) is 1. The summed E-state index contributed by atoms with van der Waals surface area (Å²) in [6.07, 6.45) is 0.165. The summed E-state index contributed by atoms with van der Waals surface area (Å²) >= 11 is 0. The SMILES string of the molecule is Cc1cccc(C(C)C)c1N1CCOC(CN)C1. The lowest BCUT2D eigenvalue weighted by Gasteiger charge is -2.36. The third-order valence-corrected chi connectivity index (χ3v) is 3.61. The monoisotopic (exact) mass is 248 g/mol. The van der Waals surface area contributed by atoms with Crippen LogP contribution in [0.4, 0.5) is 5.69 Å². The quantitative estimate of drug-likeness (QED) is 0.892. The van der Waals surface area contributed by atoms with Crippen molar-refractivity contribution in [2.24, 2.45) is 5.73 Å². The van der Waals surface area contributed by atoms with Gasteiger partial charge in [0, 0.05) is 25.3 Å². The topological polar surface area (TPSA) is 38.5 Å². The minimum atomic E-state index is 0.165. The highest BCUT2D eigenvalue weighted by molar-refractivity contribution is 5.60. The molecule has 0 aliphatic carbocycles. The van der Waals surface area contributed by atoms with Gasteiger partial charge in [-0.05, 0) is 24.0 Å². The summed E-state index contributed by atoms with van der Waals surface area (Å²) in [6.45, 7) is 9.92. The fraction of sp³-hybridized carbons (Fsp3) is 0.600. The summed E-state index contributed by atoms with van der Waals surface area (Å²) in [5.41, 5.74) is 9.88. The van der Waals surface area contributed by atoms with E-state index in [4.69, 9.17) is 10.5 Å².